The summed E-state index contributed by atoms with van der Waals surface area (Å²) in [5.41, 5.74) is -1.45. The number of nitrogens with zero attached hydrogens (tertiary/aromatic N) is 1. The number of carbonyl (C=O) groups is 3. The van der Waals surface area contributed by atoms with Gasteiger partial charge in [-0.05, 0) is 49.3 Å². The normalized spacial score (nSPS) is 28.8. The highest BCUT2D eigenvalue weighted by molar-refractivity contribution is 6.30. The van der Waals surface area contributed by atoms with Crippen LogP contribution in [-0.4, -0.2) is 23.4 Å². The van der Waals surface area contributed by atoms with Gasteiger partial charge in [-0.1, -0.05) is 36.6 Å². The Bertz CT molecular complexity index is 884. The molecule has 146 valence electrons. The maximum Gasteiger partial charge on any atom is 0.322 e. The van der Waals surface area contributed by atoms with Crippen molar-refractivity contribution < 1.29 is 14.4 Å². The van der Waals surface area contributed by atoms with Crippen molar-refractivity contribution in [2.24, 2.45) is 11.8 Å². The first kappa shape index (κ1) is 18.8. The molecule has 28 heavy (non-hydrogen) atoms. The monoisotopic (exact) mass is 400 g/mol. The van der Waals surface area contributed by atoms with Gasteiger partial charge in [-0.2, -0.15) is 5.26 Å². The number of urea groups is 1. The Hall–Kier alpha value is -2.59. The third kappa shape index (κ3) is 2.92. The smallest absolute Gasteiger partial charge is 0.322 e. The van der Waals surface area contributed by atoms with Crippen LogP contribution in [0.15, 0.2) is 24.3 Å². The molecule has 1 aromatic carbocycles. The lowest BCUT2D eigenvalue weighted by atomic mass is 9.67. The van der Waals surface area contributed by atoms with Crippen LogP contribution >= 0.6 is 11.6 Å². The number of nitrogens with one attached hydrogen (secondary N) is 3. The lowest BCUT2D eigenvalue weighted by molar-refractivity contribution is -0.137. The number of benzene rings is 1. The third-order valence-corrected chi connectivity index (χ3v) is 6.55. The average molecular weight is 401 g/mol. The molecule has 2 saturated carbocycles. The average Bonchev–Trinajstić information content (AvgIpc) is 3.26. The third-order valence-electron chi connectivity index (χ3n) is 6.32. The molecule has 0 radical (unpaired) electrons. The van der Waals surface area contributed by atoms with Crippen molar-refractivity contribution in [2.75, 3.05) is 0 Å². The van der Waals surface area contributed by atoms with Crippen molar-refractivity contribution in [3.63, 3.8) is 0 Å². The zero-order valence-corrected chi connectivity index (χ0v) is 16.0. The minimum Gasteiger partial charge on any atom is -0.334 e. The van der Waals surface area contributed by atoms with Crippen LogP contribution in [0.3, 0.4) is 0 Å². The fourth-order valence-corrected chi connectivity index (χ4v) is 4.96. The highest BCUT2D eigenvalue weighted by Gasteiger charge is 2.58. The highest BCUT2D eigenvalue weighted by Crippen LogP contribution is 2.44. The van der Waals surface area contributed by atoms with E-state index < -0.39 is 28.9 Å². The highest BCUT2D eigenvalue weighted by atomic mass is 35.5. The van der Waals surface area contributed by atoms with Gasteiger partial charge < -0.3 is 10.6 Å². The van der Waals surface area contributed by atoms with E-state index in [-0.39, 0.29) is 24.7 Å². The van der Waals surface area contributed by atoms with E-state index in [1.807, 2.05) is 6.07 Å². The topological polar surface area (TPSA) is 111 Å². The van der Waals surface area contributed by atoms with Gasteiger partial charge in [0.1, 0.15) is 5.54 Å². The van der Waals surface area contributed by atoms with Gasteiger partial charge in [0.2, 0.25) is 5.91 Å². The lowest BCUT2D eigenvalue weighted by Crippen LogP contribution is -2.62. The Labute approximate surface area is 167 Å². The van der Waals surface area contributed by atoms with Crippen molar-refractivity contribution in [2.45, 2.75) is 49.6 Å². The zero-order valence-electron chi connectivity index (χ0n) is 15.3. The van der Waals surface area contributed by atoms with Gasteiger partial charge in [0.15, 0.2) is 5.54 Å². The van der Waals surface area contributed by atoms with Gasteiger partial charge in [0, 0.05) is 10.9 Å². The Morgan fingerprint density at radius 2 is 2.00 bits per heavy atom. The molecule has 1 saturated heterocycles. The Morgan fingerprint density at radius 3 is 2.57 bits per heavy atom. The van der Waals surface area contributed by atoms with Crippen molar-refractivity contribution in [3.05, 3.63) is 34.9 Å². The van der Waals surface area contributed by atoms with E-state index in [4.69, 9.17) is 11.6 Å². The number of rotatable bonds is 4. The van der Waals surface area contributed by atoms with Gasteiger partial charge in [0.05, 0.1) is 6.07 Å². The summed E-state index contributed by atoms with van der Waals surface area (Å²) < 4.78 is 0. The summed E-state index contributed by atoms with van der Waals surface area (Å²) in [5, 5.41) is 18.5. The van der Waals surface area contributed by atoms with Crippen LogP contribution in [0.5, 0.6) is 0 Å². The maximum atomic E-state index is 13.0. The summed E-state index contributed by atoms with van der Waals surface area (Å²) in [6.45, 7) is 0. The molecule has 8 heteroatoms. The first-order valence-corrected chi connectivity index (χ1v) is 9.89. The van der Waals surface area contributed by atoms with Gasteiger partial charge in [-0.15, -0.1) is 0 Å². The molecule has 7 nitrogen and oxygen atoms in total. The van der Waals surface area contributed by atoms with E-state index in [9.17, 15) is 19.6 Å². The van der Waals surface area contributed by atoms with Crippen LogP contribution in [0, 0.1) is 23.2 Å². The Balaban J connectivity index is 1.57. The van der Waals surface area contributed by atoms with Crippen LogP contribution in [0.25, 0.3) is 0 Å². The molecule has 4 rings (SSSR count). The van der Waals surface area contributed by atoms with Gasteiger partial charge in [-0.3, -0.25) is 14.9 Å². The summed E-state index contributed by atoms with van der Waals surface area (Å²) in [7, 11) is 0. The first-order valence-electron chi connectivity index (χ1n) is 9.51. The molecule has 4 amide bonds. The van der Waals surface area contributed by atoms with E-state index in [0.717, 1.165) is 25.7 Å². The summed E-state index contributed by atoms with van der Waals surface area (Å²) in [6.07, 6.45) is 4.21. The molecule has 3 N–H and O–H groups in total. The fraction of sp³-hybridized carbons (Fsp3) is 0.500. The van der Waals surface area contributed by atoms with E-state index in [1.165, 1.54) is 0 Å². The van der Waals surface area contributed by atoms with Crippen LogP contribution in [0.2, 0.25) is 5.02 Å². The van der Waals surface area contributed by atoms with Crippen LogP contribution in [-0.2, 0) is 15.1 Å². The van der Waals surface area contributed by atoms with Crippen molar-refractivity contribution in [1.29, 1.82) is 5.26 Å². The second-order valence-corrected chi connectivity index (χ2v) is 8.43. The summed E-state index contributed by atoms with van der Waals surface area (Å²) in [6, 6.07) is 8.91. The quantitative estimate of drug-likeness (QED) is 0.673. The van der Waals surface area contributed by atoms with Gasteiger partial charge in [0.25, 0.3) is 5.91 Å². The molecule has 3 fully saturated rings. The Kier molecular flexibility index (Phi) is 4.54. The minimum atomic E-state index is -1.15. The second kappa shape index (κ2) is 6.78. The lowest BCUT2D eigenvalue weighted by Gasteiger charge is -2.43. The van der Waals surface area contributed by atoms with E-state index in [0.29, 0.717) is 10.6 Å². The zero-order chi connectivity index (χ0) is 19.9. The standard InChI is InChI=1S/C20H21ClN4O3/c21-15-7-3-6-14(8-15)20(11-22,13-4-1-2-5-13)24-16(26)12-9-19(10-12)17(27)23-18(28)25-19/h3,6-8,12-13H,1-2,4-5,9-10H2,(H,24,26)(H2,23,25,27,28)/t12?,19?,20-/m1/s1. The van der Waals surface area contributed by atoms with Crippen molar-refractivity contribution in [1.82, 2.24) is 16.0 Å². The van der Waals surface area contributed by atoms with Crippen LogP contribution < -0.4 is 16.0 Å². The van der Waals surface area contributed by atoms with E-state index in [1.54, 1.807) is 18.2 Å². The molecule has 1 spiro atoms. The summed E-state index contributed by atoms with van der Waals surface area (Å²) in [4.78, 5) is 36.4. The number of hydrogen-bond acceptors (Lipinski definition) is 4. The number of hydrogen-bond donors (Lipinski definition) is 3. The number of halogens is 1. The van der Waals surface area contributed by atoms with Crippen molar-refractivity contribution >= 4 is 29.4 Å². The molecule has 0 unspecified atom stereocenters. The molecule has 1 atom stereocenters. The number of imide groups is 1. The predicted octanol–water partition coefficient (Wildman–Crippen LogP) is 2.35. The Morgan fingerprint density at radius 1 is 1.29 bits per heavy atom. The molecule has 3 aliphatic rings. The van der Waals surface area contributed by atoms with Crippen LogP contribution in [0.4, 0.5) is 4.79 Å². The molecule has 1 heterocycles. The first-order chi connectivity index (χ1) is 13.4. The summed E-state index contributed by atoms with van der Waals surface area (Å²) in [5.74, 6) is -1.09. The van der Waals surface area contributed by atoms with Gasteiger partial charge in [-0.25, -0.2) is 4.79 Å². The molecule has 2 aliphatic carbocycles. The molecule has 1 aromatic rings. The minimum absolute atomic E-state index is 0.00318. The maximum absolute atomic E-state index is 13.0. The molecule has 0 aromatic heterocycles. The van der Waals surface area contributed by atoms with Crippen molar-refractivity contribution in [3.8, 4) is 6.07 Å². The summed E-state index contributed by atoms with van der Waals surface area (Å²) >= 11 is 6.16. The molecular formula is C20H21ClN4O3. The number of nitriles is 1. The van der Waals surface area contributed by atoms with E-state index >= 15 is 0 Å². The van der Waals surface area contributed by atoms with Crippen LogP contribution in [0.1, 0.15) is 44.1 Å². The second-order valence-electron chi connectivity index (χ2n) is 8.00. The molecule has 1 aliphatic heterocycles. The number of amides is 4. The van der Waals surface area contributed by atoms with E-state index in [2.05, 4.69) is 22.0 Å². The SMILES string of the molecule is N#C[C@](NC(=O)C1CC2(C1)NC(=O)NC2=O)(c1cccc(Cl)c1)C1CCCC1. The number of carbonyl (C=O) groups excluding carboxylic acids is 3. The molecule has 0 bridgehead atoms. The van der Waals surface area contributed by atoms with Gasteiger partial charge >= 0.3 is 6.03 Å². The fourth-order valence-electron chi connectivity index (χ4n) is 4.77. The molecular weight excluding hydrogens is 380 g/mol. The largest absolute Gasteiger partial charge is 0.334 e. The predicted molar refractivity (Wildman–Crippen MR) is 101 cm³/mol.